The Labute approximate surface area is 188 Å². The van der Waals surface area contributed by atoms with Gasteiger partial charge < -0.3 is 14.8 Å². The minimum absolute atomic E-state index is 0.0821. The van der Waals surface area contributed by atoms with E-state index in [0.29, 0.717) is 17.2 Å². The maximum atomic E-state index is 12.7. The van der Waals surface area contributed by atoms with Gasteiger partial charge in [-0.2, -0.15) is 0 Å². The van der Waals surface area contributed by atoms with Crippen LogP contribution in [0.1, 0.15) is 11.9 Å². The number of ether oxygens (including phenoxy) is 2. The van der Waals surface area contributed by atoms with Crippen LogP contribution in [-0.4, -0.2) is 47.7 Å². The van der Waals surface area contributed by atoms with Crippen LogP contribution in [0.4, 0.5) is 5.69 Å². The van der Waals surface area contributed by atoms with Gasteiger partial charge in [-0.1, -0.05) is 23.9 Å². The topological polar surface area (TPSA) is 80.8 Å². The van der Waals surface area contributed by atoms with Crippen LogP contribution in [0, 0.1) is 0 Å². The van der Waals surface area contributed by atoms with E-state index in [2.05, 4.69) is 10.3 Å². The van der Waals surface area contributed by atoms with Gasteiger partial charge in [0.25, 0.3) is 0 Å². The molecule has 1 aliphatic rings. The predicted molar refractivity (Wildman–Crippen MR) is 125 cm³/mol. The smallest absolute Gasteiger partial charge is 0.244 e. The average Bonchev–Trinajstić information content (AvgIpc) is 3.29. The highest BCUT2D eigenvalue weighted by atomic mass is 32.2. The van der Waals surface area contributed by atoms with Gasteiger partial charge in [0.1, 0.15) is 11.6 Å². The van der Waals surface area contributed by atoms with E-state index in [4.69, 9.17) is 9.47 Å². The number of benzene rings is 2. The number of carbonyl (C=O) groups is 2. The Hall–Kier alpha value is -3.04. The molecule has 1 aromatic heterocycles. The van der Waals surface area contributed by atoms with Crippen molar-refractivity contribution >= 4 is 56.9 Å². The summed E-state index contributed by atoms with van der Waals surface area (Å²) in [6, 6.07) is 13.0. The first kappa shape index (κ1) is 21.2. The molecule has 1 fully saturated rings. The number of nitrogens with zero attached hydrogens (tertiary/aromatic N) is 2. The number of rotatable bonds is 6. The van der Waals surface area contributed by atoms with Crippen molar-refractivity contribution < 1.29 is 19.1 Å². The Morgan fingerprint density at radius 1 is 1.19 bits per heavy atom. The Bertz CT molecular complexity index is 1140. The molecule has 31 heavy (non-hydrogen) atoms. The molecule has 0 unspecified atom stereocenters. The third-order valence-electron chi connectivity index (χ3n) is 4.70. The zero-order valence-electron chi connectivity index (χ0n) is 17.2. The lowest BCUT2D eigenvalue weighted by molar-refractivity contribution is -0.130. The fraction of sp³-hybridized carbons (Fsp3) is 0.227. The SMILES string of the molecule is COc1ccc(NC(=O)CN2C(=O)[C@@H](C)S/C2=C\c2nc3ccccc3s2)cc1OC. The lowest BCUT2D eigenvalue weighted by Crippen LogP contribution is -2.35. The third-order valence-corrected chi connectivity index (χ3v) is 6.82. The van der Waals surface area contributed by atoms with Crippen LogP contribution >= 0.6 is 23.1 Å². The van der Waals surface area contributed by atoms with Gasteiger partial charge in [0.2, 0.25) is 11.8 Å². The molecule has 1 aliphatic heterocycles. The molecule has 9 heteroatoms. The number of methoxy groups -OCH3 is 2. The maximum absolute atomic E-state index is 12.7. The number of hydrogen-bond donors (Lipinski definition) is 1. The zero-order valence-corrected chi connectivity index (χ0v) is 18.9. The number of carbonyl (C=O) groups excluding carboxylic acids is 2. The first-order chi connectivity index (χ1) is 15.0. The van der Waals surface area contributed by atoms with Gasteiger partial charge in [0.15, 0.2) is 11.5 Å². The zero-order chi connectivity index (χ0) is 22.0. The van der Waals surface area contributed by atoms with Gasteiger partial charge in [-0.05, 0) is 31.2 Å². The van der Waals surface area contributed by atoms with E-state index >= 15 is 0 Å². The van der Waals surface area contributed by atoms with Crippen LogP contribution in [0.15, 0.2) is 47.5 Å². The molecule has 2 heterocycles. The van der Waals surface area contributed by atoms with E-state index in [-0.39, 0.29) is 23.6 Å². The molecular weight excluding hydrogens is 434 g/mol. The van der Waals surface area contributed by atoms with Crippen molar-refractivity contribution in [2.24, 2.45) is 0 Å². The van der Waals surface area contributed by atoms with Gasteiger partial charge in [-0.3, -0.25) is 14.5 Å². The Balaban J connectivity index is 1.52. The highest BCUT2D eigenvalue weighted by Crippen LogP contribution is 2.37. The number of fused-ring (bicyclic) bond motifs is 1. The van der Waals surface area contributed by atoms with Crippen LogP contribution < -0.4 is 14.8 Å². The fourth-order valence-corrected chi connectivity index (χ4v) is 5.24. The van der Waals surface area contributed by atoms with Crippen molar-refractivity contribution in [1.82, 2.24) is 9.88 Å². The molecule has 2 aromatic carbocycles. The second kappa shape index (κ2) is 8.99. The average molecular weight is 456 g/mol. The number of thioether (sulfide) groups is 1. The third kappa shape index (κ3) is 4.52. The molecule has 0 bridgehead atoms. The summed E-state index contributed by atoms with van der Waals surface area (Å²) < 4.78 is 11.6. The largest absolute Gasteiger partial charge is 0.493 e. The van der Waals surface area contributed by atoms with Crippen molar-refractivity contribution in [3.05, 3.63) is 52.5 Å². The van der Waals surface area contributed by atoms with Crippen LogP contribution in [-0.2, 0) is 9.59 Å². The van der Waals surface area contributed by atoms with Crippen LogP contribution in [0.3, 0.4) is 0 Å². The Morgan fingerprint density at radius 3 is 2.71 bits per heavy atom. The quantitative estimate of drug-likeness (QED) is 0.600. The second-order valence-corrected chi connectivity index (χ2v) is 9.23. The number of hydrogen-bond acceptors (Lipinski definition) is 7. The van der Waals surface area contributed by atoms with E-state index < -0.39 is 0 Å². The fourth-order valence-electron chi connectivity index (χ4n) is 3.21. The van der Waals surface area contributed by atoms with E-state index in [1.54, 1.807) is 36.6 Å². The minimum atomic E-state index is -0.300. The highest BCUT2D eigenvalue weighted by molar-refractivity contribution is 8.04. The van der Waals surface area contributed by atoms with E-state index in [1.807, 2.05) is 37.3 Å². The second-order valence-electron chi connectivity index (χ2n) is 6.80. The molecule has 7 nitrogen and oxygen atoms in total. The van der Waals surface area contributed by atoms with Gasteiger partial charge in [0, 0.05) is 17.8 Å². The first-order valence-electron chi connectivity index (χ1n) is 9.55. The summed E-state index contributed by atoms with van der Waals surface area (Å²) in [6.45, 7) is 1.76. The molecule has 0 aliphatic carbocycles. The Kier molecular flexibility index (Phi) is 6.15. The molecule has 1 saturated heterocycles. The number of amides is 2. The van der Waals surface area contributed by atoms with Gasteiger partial charge in [-0.25, -0.2) is 4.98 Å². The number of aromatic nitrogens is 1. The van der Waals surface area contributed by atoms with E-state index in [9.17, 15) is 9.59 Å². The standard InChI is InChI=1S/C22H21N3O4S2/c1-13-22(27)25(12-19(26)23-14-8-9-16(28-2)17(10-14)29-3)21(30-13)11-20-24-15-6-4-5-7-18(15)31-20/h4-11,13H,12H2,1-3H3,(H,23,26)/b21-11-/t13-/m1/s1. The molecule has 4 rings (SSSR count). The molecule has 0 radical (unpaired) electrons. The lowest BCUT2D eigenvalue weighted by Gasteiger charge is -2.17. The van der Waals surface area contributed by atoms with Crippen molar-refractivity contribution in [3.63, 3.8) is 0 Å². The summed E-state index contributed by atoms with van der Waals surface area (Å²) in [7, 11) is 3.08. The van der Waals surface area contributed by atoms with Crippen LogP contribution in [0.25, 0.3) is 16.3 Å². The number of nitrogens with one attached hydrogen (secondary N) is 1. The normalized spacial score (nSPS) is 17.4. The maximum Gasteiger partial charge on any atom is 0.244 e. The molecule has 1 atom stereocenters. The number of thiazole rings is 1. The lowest BCUT2D eigenvalue weighted by atomic mass is 10.2. The van der Waals surface area contributed by atoms with Crippen LogP contribution in [0.2, 0.25) is 0 Å². The van der Waals surface area contributed by atoms with Gasteiger partial charge in [0.05, 0.1) is 34.7 Å². The van der Waals surface area contributed by atoms with E-state index in [0.717, 1.165) is 20.3 Å². The minimum Gasteiger partial charge on any atom is -0.493 e. The first-order valence-corrected chi connectivity index (χ1v) is 11.3. The summed E-state index contributed by atoms with van der Waals surface area (Å²) in [5.41, 5.74) is 1.48. The molecule has 160 valence electrons. The molecule has 1 N–H and O–H groups in total. The predicted octanol–water partition coefficient (Wildman–Crippen LogP) is 4.21. The van der Waals surface area contributed by atoms with Crippen molar-refractivity contribution in [2.75, 3.05) is 26.1 Å². The van der Waals surface area contributed by atoms with Gasteiger partial charge in [-0.15, -0.1) is 11.3 Å². The monoisotopic (exact) mass is 455 g/mol. The van der Waals surface area contributed by atoms with E-state index in [1.165, 1.54) is 23.8 Å². The molecular formula is C22H21N3O4S2. The summed E-state index contributed by atoms with van der Waals surface area (Å²) in [6.07, 6.45) is 1.88. The summed E-state index contributed by atoms with van der Waals surface area (Å²) >= 11 is 2.99. The number of anilines is 1. The summed E-state index contributed by atoms with van der Waals surface area (Å²) in [5.74, 6) is 0.685. The van der Waals surface area contributed by atoms with Crippen molar-refractivity contribution in [1.29, 1.82) is 0 Å². The van der Waals surface area contributed by atoms with Gasteiger partial charge >= 0.3 is 0 Å². The van der Waals surface area contributed by atoms with Crippen molar-refractivity contribution in [3.8, 4) is 11.5 Å². The molecule has 3 aromatic rings. The van der Waals surface area contributed by atoms with Crippen molar-refractivity contribution in [2.45, 2.75) is 12.2 Å². The summed E-state index contributed by atoms with van der Waals surface area (Å²) in [4.78, 5) is 31.5. The Morgan fingerprint density at radius 2 is 1.97 bits per heavy atom. The number of para-hydroxylation sites is 1. The molecule has 0 saturated carbocycles. The molecule has 0 spiro atoms. The summed E-state index contributed by atoms with van der Waals surface area (Å²) in [5, 5.41) is 4.09. The van der Waals surface area contributed by atoms with Crippen LogP contribution in [0.5, 0.6) is 11.5 Å². The highest BCUT2D eigenvalue weighted by Gasteiger charge is 2.35. The molecule has 2 amide bonds.